The number of hydrogen-bond donors (Lipinski definition) is 1. The molecule has 1 aliphatic rings. The van der Waals surface area contributed by atoms with Crippen molar-refractivity contribution in [1.29, 1.82) is 0 Å². The number of benzene rings is 1. The molecule has 1 saturated heterocycles. The Labute approximate surface area is 177 Å². The van der Waals surface area contributed by atoms with E-state index < -0.39 is 0 Å². The number of anilines is 2. The summed E-state index contributed by atoms with van der Waals surface area (Å²) in [5, 5.41) is 5.36. The molecule has 8 heteroatoms. The van der Waals surface area contributed by atoms with E-state index >= 15 is 0 Å². The van der Waals surface area contributed by atoms with Gasteiger partial charge in [-0.1, -0.05) is 38.1 Å². The molecule has 1 aliphatic heterocycles. The van der Waals surface area contributed by atoms with Gasteiger partial charge in [-0.15, -0.1) is 0 Å². The van der Waals surface area contributed by atoms with Gasteiger partial charge in [-0.25, -0.2) is 4.98 Å². The van der Waals surface area contributed by atoms with Crippen LogP contribution in [0.25, 0.3) is 22.3 Å². The van der Waals surface area contributed by atoms with Gasteiger partial charge in [0.25, 0.3) is 0 Å². The zero-order valence-corrected chi connectivity index (χ0v) is 18.3. The Morgan fingerprint density at radius 3 is 2.40 bits per heavy atom. The Hall–Kier alpha value is -2.71. The zero-order chi connectivity index (χ0) is 21.3. The molecule has 0 saturated carbocycles. The largest absolute Gasteiger partial charge is 0.383 e. The standard InChI is InChI=1S/C22H31N7O/c1-15(2)16-5-7-17(8-6-16)19-18-20(23)27(3)26-21(18)25-22(24-19)29-11-9-28(10-12-29)13-14-30-4/h5-8,15H,9-14,23H2,1-4H3. The lowest BCUT2D eigenvalue weighted by Crippen LogP contribution is -2.47. The van der Waals surface area contributed by atoms with Gasteiger partial charge in [0.15, 0.2) is 5.65 Å². The molecule has 0 radical (unpaired) electrons. The number of nitrogens with two attached hydrogens (primary N) is 1. The summed E-state index contributed by atoms with van der Waals surface area (Å²) < 4.78 is 6.88. The van der Waals surface area contributed by atoms with E-state index in [1.807, 2.05) is 7.05 Å². The minimum Gasteiger partial charge on any atom is -0.383 e. The Balaban J connectivity index is 1.69. The molecule has 3 heterocycles. The first-order valence-corrected chi connectivity index (χ1v) is 10.5. The molecule has 1 aromatic carbocycles. The van der Waals surface area contributed by atoms with Gasteiger partial charge in [-0.3, -0.25) is 9.58 Å². The number of methoxy groups -OCH3 is 1. The van der Waals surface area contributed by atoms with E-state index in [9.17, 15) is 0 Å². The highest BCUT2D eigenvalue weighted by atomic mass is 16.5. The summed E-state index contributed by atoms with van der Waals surface area (Å²) in [7, 11) is 3.59. The van der Waals surface area contributed by atoms with E-state index in [2.05, 4.69) is 53.0 Å². The highest BCUT2D eigenvalue weighted by Crippen LogP contribution is 2.32. The summed E-state index contributed by atoms with van der Waals surface area (Å²) in [6.45, 7) is 9.79. The fourth-order valence-corrected chi connectivity index (χ4v) is 3.87. The van der Waals surface area contributed by atoms with Gasteiger partial charge in [0.05, 0.1) is 17.7 Å². The number of aryl methyl sites for hydroxylation is 1. The molecule has 0 unspecified atom stereocenters. The van der Waals surface area contributed by atoms with Gasteiger partial charge in [-0.2, -0.15) is 10.1 Å². The highest BCUT2D eigenvalue weighted by Gasteiger charge is 2.23. The molecule has 30 heavy (non-hydrogen) atoms. The van der Waals surface area contributed by atoms with E-state index in [0.717, 1.165) is 61.9 Å². The van der Waals surface area contributed by atoms with Crippen molar-refractivity contribution in [3.63, 3.8) is 0 Å². The van der Waals surface area contributed by atoms with E-state index in [1.165, 1.54) is 5.56 Å². The molecule has 0 amide bonds. The monoisotopic (exact) mass is 409 g/mol. The third kappa shape index (κ3) is 3.97. The topological polar surface area (TPSA) is 85.3 Å². The van der Waals surface area contributed by atoms with Crippen molar-refractivity contribution >= 4 is 22.8 Å². The third-order valence-corrected chi connectivity index (χ3v) is 5.85. The molecule has 1 fully saturated rings. The number of piperazine rings is 1. The van der Waals surface area contributed by atoms with Gasteiger partial charge in [0, 0.05) is 52.4 Å². The van der Waals surface area contributed by atoms with Crippen LogP contribution >= 0.6 is 0 Å². The molecule has 160 valence electrons. The quantitative estimate of drug-likeness (QED) is 0.669. The first kappa shape index (κ1) is 20.6. The van der Waals surface area contributed by atoms with Crippen molar-refractivity contribution in [2.75, 3.05) is 57.1 Å². The number of ether oxygens (including phenoxy) is 1. The molecule has 0 atom stereocenters. The SMILES string of the molecule is COCCN1CCN(c2nc(-c3ccc(C(C)C)cc3)c3c(N)n(C)nc3n2)CC1. The van der Waals surface area contributed by atoms with Crippen molar-refractivity contribution in [1.82, 2.24) is 24.6 Å². The predicted molar refractivity (Wildman–Crippen MR) is 121 cm³/mol. The Kier molecular flexibility index (Phi) is 5.87. The van der Waals surface area contributed by atoms with Crippen LogP contribution in [0.4, 0.5) is 11.8 Å². The van der Waals surface area contributed by atoms with Crippen LogP contribution in [0.5, 0.6) is 0 Å². The van der Waals surface area contributed by atoms with Crippen LogP contribution in [-0.2, 0) is 11.8 Å². The number of rotatable bonds is 6. The maximum atomic E-state index is 6.34. The highest BCUT2D eigenvalue weighted by molar-refractivity contribution is 5.98. The van der Waals surface area contributed by atoms with Crippen LogP contribution in [0.1, 0.15) is 25.3 Å². The number of hydrogen-bond acceptors (Lipinski definition) is 7. The van der Waals surface area contributed by atoms with Crippen LogP contribution in [0.15, 0.2) is 24.3 Å². The third-order valence-electron chi connectivity index (χ3n) is 5.85. The molecule has 2 aromatic heterocycles. The van der Waals surface area contributed by atoms with Crippen molar-refractivity contribution in [3.8, 4) is 11.3 Å². The fraction of sp³-hybridized carbons (Fsp3) is 0.500. The van der Waals surface area contributed by atoms with Gasteiger partial charge in [-0.05, 0) is 11.5 Å². The van der Waals surface area contributed by atoms with E-state index in [-0.39, 0.29) is 0 Å². The first-order chi connectivity index (χ1) is 14.5. The molecule has 0 bridgehead atoms. The lowest BCUT2D eigenvalue weighted by atomic mass is 10.00. The van der Waals surface area contributed by atoms with Crippen LogP contribution in [-0.4, -0.2) is 71.1 Å². The lowest BCUT2D eigenvalue weighted by Gasteiger charge is -2.34. The zero-order valence-electron chi connectivity index (χ0n) is 18.3. The predicted octanol–water partition coefficient (Wildman–Crippen LogP) is 2.50. The Bertz CT molecular complexity index is 1000. The smallest absolute Gasteiger partial charge is 0.228 e. The molecule has 0 aliphatic carbocycles. The van der Waals surface area contributed by atoms with Gasteiger partial charge >= 0.3 is 0 Å². The van der Waals surface area contributed by atoms with Crippen LogP contribution in [0.3, 0.4) is 0 Å². The Morgan fingerprint density at radius 1 is 1.07 bits per heavy atom. The summed E-state index contributed by atoms with van der Waals surface area (Å²) in [5.74, 6) is 1.79. The summed E-state index contributed by atoms with van der Waals surface area (Å²) in [6.07, 6.45) is 0. The summed E-state index contributed by atoms with van der Waals surface area (Å²) in [5.41, 5.74) is 10.2. The van der Waals surface area contributed by atoms with Crippen LogP contribution in [0, 0.1) is 0 Å². The summed E-state index contributed by atoms with van der Waals surface area (Å²) in [4.78, 5) is 14.4. The number of aromatic nitrogens is 4. The van der Waals surface area contributed by atoms with E-state index in [1.54, 1.807) is 11.8 Å². The molecular formula is C22H31N7O. The fourth-order valence-electron chi connectivity index (χ4n) is 3.87. The average Bonchev–Trinajstić information content (AvgIpc) is 3.05. The lowest BCUT2D eigenvalue weighted by molar-refractivity contribution is 0.144. The maximum absolute atomic E-state index is 6.34. The van der Waals surface area contributed by atoms with E-state index in [0.29, 0.717) is 17.4 Å². The molecule has 8 nitrogen and oxygen atoms in total. The number of nitrogen functional groups attached to an aromatic ring is 1. The van der Waals surface area contributed by atoms with Gasteiger partial charge in [0.1, 0.15) is 5.82 Å². The second kappa shape index (κ2) is 8.57. The molecular weight excluding hydrogens is 378 g/mol. The summed E-state index contributed by atoms with van der Waals surface area (Å²) in [6, 6.07) is 8.57. The minimum atomic E-state index is 0.484. The first-order valence-electron chi connectivity index (χ1n) is 10.5. The van der Waals surface area contributed by atoms with Crippen LogP contribution in [0.2, 0.25) is 0 Å². The van der Waals surface area contributed by atoms with Crippen molar-refractivity contribution in [2.24, 2.45) is 7.05 Å². The van der Waals surface area contributed by atoms with Crippen LogP contribution < -0.4 is 10.6 Å². The normalized spacial score (nSPS) is 15.4. The Morgan fingerprint density at radius 2 is 1.77 bits per heavy atom. The second-order valence-corrected chi connectivity index (χ2v) is 8.18. The van der Waals surface area contributed by atoms with E-state index in [4.69, 9.17) is 20.4 Å². The van der Waals surface area contributed by atoms with Gasteiger partial charge in [0.2, 0.25) is 5.95 Å². The van der Waals surface area contributed by atoms with Crippen molar-refractivity contribution in [3.05, 3.63) is 29.8 Å². The molecule has 0 spiro atoms. The maximum Gasteiger partial charge on any atom is 0.228 e. The van der Waals surface area contributed by atoms with Gasteiger partial charge < -0.3 is 15.4 Å². The summed E-state index contributed by atoms with van der Waals surface area (Å²) >= 11 is 0. The minimum absolute atomic E-state index is 0.484. The number of nitrogens with zero attached hydrogens (tertiary/aromatic N) is 6. The molecule has 4 rings (SSSR count). The van der Waals surface area contributed by atoms with Crippen molar-refractivity contribution in [2.45, 2.75) is 19.8 Å². The van der Waals surface area contributed by atoms with Crippen molar-refractivity contribution < 1.29 is 4.74 Å². The average molecular weight is 410 g/mol. The number of fused-ring (bicyclic) bond motifs is 1. The molecule has 2 N–H and O–H groups in total. The second-order valence-electron chi connectivity index (χ2n) is 8.18. The molecule has 3 aromatic rings.